The first-order chi connectivity index (χ1) is 13.1. The Kier molecular flexibility index (Phi) is 8.05. The van der Waals surface area contributed by atoms with E-state index in [9.17, 15) is 9.59 Å². The molecule has 142 valence electrons. The second-order valence-corrected chi connectivity index (χ2v) is 5.85. The molecule has 0 aliphatic heterocycles. The maximum absolute atomic E-state index is 11.7. The van der Waals surface area contributed by atoms with Crippen LogP contribution < -0.4 is 25.6 Å². The lowest BCUT2D eigenvalue weighted by Crippen LogP contribution is -2.50. The van der Waals surface area contributed by atoms with E-state index in [4.69, 9.17) is 21.7 Å². The molecule has 0 saturated carbocycles. The summed E-state index contributed by atoms with van der Waals surface area (Å²) in [5, 5.41) is 2.35. The van der Waals surface area contributed by atoms with Crippen LogP contribution in [0.15, 0.2) is 54.6 Å². The third-order valence-electron chi connectivity index (χ3n) is 3.38. The molecule has 0 bridgehead atoms. The minimum atomic E-state index is -0.446. The smallest absolute Gasteiger partial charge is 0.276 e. The molecule has 3 N–H and O–H groups in total. The van der Waals surface area contributed by atoms with Gasteiger partial charge in [0, 0.05) is 0 Å². The number of benzene rings is 2. The topological polar surface area (TPSA) is 88.7 Å². The first-order valence-electron chi connectivity index (χ1n) is 8.35. The molecule has 0 radical (unpaired) electrons. The van der Waals surface area contributed by atoms with Gasteiger partial charge >= 0.3 is 0 Å². The second-order valence-electron chi connectivity index (χ2n) is 5.44. The predicted molar refractivity (Wildman–Crippen MR) is 105 cm³/mol. The number of amides is 2. The number of carbonyl (C=O) groups is 2. The summed E-state index contributed by atoms with van der Waals surface area (Å²) in [6.45, 7) is 1.67. The van der Waals surface area contributed by atoms with Gasteiger partial charge in [0.05, 0.1) is 0 Å². The lowest BCUT2D eigenvalue weighted by molar-refractivity contribution is -0.124. The molecule has 0 aromatic heterocycles. The monoisotopic (exact) mass is 387 g/mol. The summed E-state index contributed by atoms with van der Waals surface area (Å²) >= 11 is 4.93. The molecule has 8 heteroatoms. The molecule has 27 heavy (non-hydrogen) atoms. The molecule has 0 heterocycles. The largest absolute Gasteiger partial charge is 0.484 e. The van der Waals surface area contributed by atoms with Gasteiger partial charge in [-0.3, -0.25) is 25.8 Å². The Balaban J connectivity index is 1.62. The van der Waals surface area contributed by atoms with Gasteiger partial charge in [-0.2, -0.15) is 0 Å². The maximum atomic E-state index is 11.7. The zero-order valence-electron chi connectivity index (χ0n) is 14.9. The molecular formula is C19H21N3O4S. The number of ether oxygens (including phenoxy) is 2. The fraction of sp³-hybridized carbons (Fsp3) is 0.211. The van der Waals surface area contributed by atoms with Crippen molar-refractivity contribution in [2.24, 2.45) is 0 Å². The molecule has 2 aromatic carbocycles. The van der Waals surface area contributed by atoms with Gasteiger partial charge in [-0.25, -0.2) is 0 Å². The van der Waals surface area contributed by atoms with Gasteiger partial charge in [0.25, 0.3) is 11.8 Å². The molecule has 2 amide bonds. The highest BCUT2D eigenvalue weighted by Gasteiger charge is 2.07. The average Bonchev–Trinajstić information content (AvgIpc) is 2.70. The number of para-hydroxylation sites is 1. The van der Waals surface area contributed by atoms with E-state index in [0.717, 1.165) is 6.42 Å². The van der Waals surface area contributed by atoms with Crippen LogP contribution in [0.3, 0.4) is 0 Å². The van der Waals surface area contributed by atoms with Crippen LogP contribution in [0.25, 0.3) is 0 Å². The summed E-state index contributed by atoms with van der Waals surface area (Å²) in [6, 6.07) is 16.4. The van der Waals surface area contributed by atoms with Crippen LogP contribution in [0, 0.1) is 0 Å². The average molecular weight is 387 g/mol. The number of carbonyl (C=O) groups excluding carboxylic acids is 2. The van der Waals surface area contributed by atoms with Crippen molar-refractivity contribution in [1.29, 1.82) is 0 Å². The molecule has 0 saturated heterocycles. The lowest BCUT2D eigenvalue weighted by Gasteiger charge is -2.12. The van der Waals surface area contributed by atoms with Crippen molar-refractivity contribution in [3.8, 4) is 11.5 Å². The second kappa shape index (κ2) is 10.8. The quantitative estimate of drug-likeness (QED) is 0.495. The van der Waals surface area contributed by atoms with Gasteiger partial charge in [0.2, 0.25) is 0 Å². The van der Waals surface area contributed by atoms with Crippen LogP contribution in [0.2, 0.25) is 0 Å². The van der Waals surface area contributed by atoms with Crippen LogP contribution in [0.1, 0.15) is 12.5 Å². The van der Waals surface area contributed by atoms with E-state index >= 15 is 0 Å². The highest BCUT2D eigenvalue weighted by atomic mass is 32.1. The third-order valence-corrected chi connectivity index (χ3v) is 3.59. The van der Waals surface area contributed by atoms with E-state index in [1.807, 2.05) is 18.2 Å². The number of hydrogen-bond acceptors (Lipinski definition) is 5. The van der Waals surface area contributed by atoms with Gasteiger partial charge < -0.3 is 9.47 Å². The summed E-state index contributed by atoms with van der Waals surface area (Å²) in [7, 11) is 0. The van der Waals surface area contributed by atoms with E-state index in [1.165, 1.54) is 5.56 Å². The van der Waals surface area contributed by atoms with E-state index in [0.29, 0.717) is 11.5 Å². The molecule has 2 rings (SSSR count). The molecule has 2 aromatic rings. The van der Waals surface area contributed by atoms with Crippen molar-refractivity contribution >= 4 is 29.1 Å². The van der Waals surface area contributed by atoms with Crippen molar-refractivity contribution in [2.75, 3.05) is 13.2 Å². The summed E-state index contributed by atoms with van der Waals surface area (Å²) in [5.74, 6) is 0.282. The molecule has 0 unspecified atom stereocenters. The van der Waals surface area contributed by atoms with Gasteiger partial charge in [-0.1, -0.05) is 37.3 Å². The van der Waals surface area contributed by atoms with Crippen molar-refractivity contribution in [1.82, 2.24) is 16.2 Å². The van der Waals surface area contributed by atoms with E-state index in [2.05, 4.69) is 23.1 Å². The van der Waals surface area contributed by atoms with E-state index in [1.54, 1.807) is 36.4 Å². The Morgan fingerprint density at radius 2 is 1.44 bits per heavy atom. The third kappa shape index (κ3) is 7.74. The zero-order chi connectivity index (χ0) is 19.5. The molecule has 0 spiro atoms. The van der Waals surface area contributed by atoms with Crippen molar-refractivity contribution in [3.63, 3.8) is 0 Å². The lowest BCUT2D eigenvalue weighted by atomic mass is 10.2. The fourth-order valence-corrected chi connectivity index (χ4v) is 2.16. The standard InChI is InChI=1S/C19H21N3O4S/c1-2-14-8-10-16(11-9-14)26-13-18(24)21-22-19(27)20-17(23)12-25-15-6-4-3-5-7-15/h3-11H,2,12-13H2,1H3,(H,21,24)(H2,20,22,23,27). The minimum Gasteiger partial charge on any atom is -0.484 e. The SMILES string of the molecule is CCc1ccc(OCC(=O)NNC(=S)NC(=O)COc2ccccc2)cc1. The highest BCUT2D eigenvalue weighted by Crippen LogP contribution is 2.12. The van der Waals surface area contributed by atoms with Gasteiger partial charge in [0.1, 0.15) is 11.5 Å². The molecule has 0 atom stereocenters. The number of hydrazine groups is 1. The molecule has 0 fully saturated rings. The number of thiocarbonyl (C=S) groups is 1. The maximum Gasteiger partial charge on any atom is 0.276 e. The van der Waals surface area contributed by atoms with Gasteiger partial charge in [-0.05, 0) is 48.5 Å². The Hall–Kier alpha value is -3.13. The first kappa shape index (κ1) is 20.2. The van der Waals surface area contributed by atoms with Crippen LogP contribution >= 0.6 is 12.2 Å². The Labute approximate surface area is 163 Å². The number of rotatable bonds is 7. The van der Waals surface area contributed by atoms with Crippen molar-refractivity contribution < 1.29 is 19.1 Å². The molecule has 0 aliphatic carbocycles. The summed E-state index contributed by atoms with van der Waals surface area (Å²) < 4.78 is 10.7. The summed E-state index contributed by atoms with van der Waals surface area (Å²) in [6.07, 6.45) is 0.935. The van der Waals surface area contributed by atoms with Crippen LogP contribution in [0.5, 0.6) is 11.5 Å². The van der Waals surface area contributed by atoms with Gasteiger partial charge in [0.15, 0.2) is 18.3 Å². The number of hydrogen-bond donors (Lipinski definition) is 3. The first-order valence-corrected chi connectivity index (χ1v) is 8.76. The molecular weight excluding hydrogens is 366 g/mol. The number of nitrogens with one attached hydrogen (secondary N) is 3. The number of aryl methyl sites for hydroxylation is 1. The van der Waals surface area contributed by atoms with Crippen LogP contribution in [0.4, 0.5) is 0 Å². The van der Waals surface area contributed by atoms with E-state index in [-0.39, 0.29) is 18.3 Å². The van der Waals surface area contributed by atoms with Gasteiger partial charge in [-0.15, -0.1) is 0 Å². The van der Waals surface area contributed by atoms with Crippen LogP contribution in [-0.2, 0) is 16.0 Å². The minimum absolute atomic E-state index is 0.0442. The predicted octanol–water partition coefficient (Wildman–Crippen LogP) is 1.73. The van der Waals surface area contributed by atoms with Crippen molar-refractivity contribution in [2.45, 2.75) is 13.3 Å². The molecule has 7 nitrogen and oxygen atoms in total. The molecule has 0 aliphatic rings. The Morgan fingerprint density at radius 3 is 2.07 bits per heavy atom. The van der Waals surface area contributed by atoms with E-state index < -0.39 is 11.8 Å². The fourth-order valence-electron chi connectivity index (χ4n) is 1.99. The highest BCUT2D eigenvalue weighted by molar-refractivity contribution is 7.80. The summed E-state index contributed by atoms with van der Waals surface area (Å²) in [4.78, 5) is 23.5. The zero-order valence-corrected chi connectivity index (χ0v) is 15.7. The Bertz CT molecular complexity index is 766. The Morgan fingerprint density at radius 1 is 0.852 bits per heavy atom. The summed E-state index contributed by atoms with van der Waals surface area (Å²) in [5.41, 5.74) is 5.96. The van der Waals surface area contributed by atoms with Crippen molar-refractivity contribution in [3.05, 3.63) is 60.2 Å². The normalized spacial score (nSPS) is 9.81. The van der Waals surface area contributed by atoms with Crippen LogP contribution in [-0.4, -0.2) is 30.1 Å².